The van der Waals surface area contributed by atoms with E-state index in [2.05, 4.69) is 6.92 Å². The molecular formula is C28H34Cl2N2O6. The van der Waals surface area contributed by atoms with Gasteiger partial charge >= 0.3 is 5.97 Å². The lowest BCUT2D eigenvalue weighted by Gasteiger charge is -2.26. The molecule has 0 unspecified atom stereocenters. The zero-order valence-electron chi connectivity index (χ0n) is 22.2. The van der Waals surface area contributed by atoms with Gasteiger partial charge in [0.1, 0.15) is 18.1 Å². The van der Waals surface area contributed by atoms with Gasteiger partial charge in [-0.15, -0.1) is 23.2 Å². The molecule has 0 aliphatic heterocycles. The average molecular weight is 565 g/mol. The summed E-state index contributed by atoms with van der Waals surface area (Å²) in [5, 5.41) is 9.76. The van der Waals surface area contributed by atoms with E-state index in [4.69, 9.17) is 32.7 Å². The Morgan fingerprint density at radius 1 is 1.11 bits per heavy atom. The van der Waals surface area contributed by atoms with E-state index in [1.165, 1.54) is 6.92 Å². The lowest BCUT2D eigenvalue weighted by atomic mass is 9.87. The fourth-order valence-corrected chi connectivity index (χ4v) is 4.91. The molecule has 38 heavy (non-hydrogen) atoms. The number of aromatic nitrogens is 1. The molecule has 0 saturated carbocycles. The van der Waals surface area contributed by atoms with Crippen molar-refractivity contribution in [3.63, 3.8) is 0 Å². The fraction of sp³-hybridized carbons (Fsp3) is 0.464. The van der Waals surface area contributed by atoms with Crippen LogP contribution >= 0.6 is 23.2 Å². The highest BCUT2D eigenvalue weighted by Crippen LogP contribution is 2.33. The number of carbonyl (C=O) groups is 3. The van der Waals surface area contributed by atoms with Crippen LogP contribution in [0.2, 0.25) is 0 Å². The number of anilines is 1. The number of halogens is 2. The lowest BCUT2D eigenvalue weighted by Crippen LogP contribution is -2.28. The molecule has 1 aliphatic rings. The van der Waals surface area contributed by atoms with Crippen molar-refractivity contribution in [1.29, 1.82) is 0 Å². The number of fused-ring (bicyclic) bond motifs is 1. The molecule has 1 aromatic carbocycles. The van der Waals surface area contributed by atoms with E-state index in [1.54, 1.807) is 36.7 Å². The first-order valence-corrected chi connectivity index (χ1v) is 13.7. The van der Waals surface area contributed by atoms with E-state index < -0.39 is 11.8 Å². The van der Waals surface area contributed by atoms with E-state index >= 15 is 0 Å². The molecule has 1 aliphatic carbocycles. The summed E-state index contributed by atoms with van der Waals surface area (Å²) >= 11 is 12.0. The van der Waals surface area contributed by atoms with E-state index in [1.807, 2.05) is 4.90 Å². The van der Waals surface area contributed by atoms with Crippen molar-refractivity contribution in [2.75, 3.05) is 43.0 Å². The molecule has 1 aromatic heterocycles. The molecule has 0 radical (unpaired) electrons. The minimum Gasteiger partial charge on any atom is -0.491 e. The van der Waals surface area contributed by atoms with Gasteiger partial charge in [-0.1, -0.05) is 13.3 Å². The van der Waals surface area contributed by atoms with E-state index in [0.717, 1.165) is 18.5 Å². The monoisotopic (exact) mass is 564 g/mol. The van der Waals surface area contributed by atoms with Crippen LogP contribution in [0.3, 0.4) is 0 Å². The number of aliphatic hydroxyl groups excluding tert-OH is 1. The number of alkyl halides is 2. The number of ketones is 2. The van der Waals surface area contributed by atoms with Crippen LogP contribution in [-0.2, 0) is 18.4 Å². The summed E-state index contributed by atoms with van der Waals surface area (Å²) in [5.74, 6) is -0.0804. The number of Topliss-reactive ketones (excluding diaryl/α,β-unsaturated/α-hetero) is 2. The van der Waals surface area contributed by atoms with E-state index in [9.17, 15) is 19.5 Å². The Balaban J connectivity index is 1.85. The van der Waals surface area contributed by atoms with Gasteiger partial charge in [0.25, 0.3) is 0 Å². The molecule has 0 saturated heterocycles. The van der Waals surface area contributed by atoms with Gasteiger partial charge in [-0.05, 0) is 38.5 Å². The zero-order chi connectivity index (χ0) is 28.0. The average Bonchev–Trinajstić information content (AvgIpc) is 3.17. The first-order chi connectivity index (χ1) is 18.2. The number of hydrogen-bond acceptors (Lipinski definition) is 7. The van der Waals surface area contributed by atoms with Crippen molar-refractivity contribution < 1.29 is 29.0 Å². The first kappa shape index (κ1) is 29.7. The van der Waals surface area contributed by atoms with Crippen LogP contribution in [0.4, 0.5) is 5.69 Å². The van der Waals surface area contributed by atoms with Crippen LogP contribution in [0, 0.1) is 6.92 Å². The van der Waals surface area contributed by atoms with Gasteiger partial charge in [0.15, 0.2) is 5.78 Å². The Labute approximate surface area is 233 Å². The van der Waals surface area contributed by atoms with Gasteiger partial charge in [0.2, 0.25) is 5.78 Å². The standard InChI is InChI=1S/C28H34Cl2N2O6/c1-5-6-13-37-23-14-19(7-8-22(23)32(11-9-29)12-10-30)28(36)38-16-21-17(2)26(34)24-20(15-33)18(3)31(4)25(24)27(21)35/h7-8,14,33H,5-6,9-13,15-16H2,1-4H3. The number of allylic oxidation sites excluding steroid dienone is 1. The van der Waals surface area contributed by atoms with Gasteiger partial charge in [0.05, 0.1) is 30.0 Å². The van der Waals surface area contributed by atoms with Crippen LogP contribution in [0.15, 0.2) is 29.3 Å². The summed E-state index contributed by atoms with van der Waals surface area (Å²) < 4.78 is 13.1. The Hall–Kier alpha value is -2.81. The number of aliphatic hydroxyl groups is 1. The van der Waals surface area contributed by atoms with Crippen molar-refractivity contribution in [3.8, 4) is 5.75 Å². The lowest BCUT2D eigenvalue weighted by molar-refractivity contribution is 0.0533. The summed E-state index contributed by atoms with van der Waals surface area (Å²) in [6, 6.07) is 5.01. The first-order valence-electron chi connectivity index (χ1n) is 12.6. The Morgan fingerprint density at radius 3 is 2.39 bits per heavy atom. The third kappa shape index (κ3) is 5.92. The summed E-state index contributed by atoms with van der Waals surface area (Å²) in [6.07, 6.45) is 1.80. The number of nitrogens with zero attached hydrogens (tertiary/aromatic N) is 2. The van der Waals surface area contributed by atoms with Crippen molar-refractivity contribution in [2.45, 2.75) is 40.2 Å². The molecule has 0 bridgehead atoms. The van der Waals surface area contributed by atoms with Gasteiger partial charge in [0, 0.05) is 54.3 Å². The minimum atomic E-state index is -0.649. The predicted octanol–water partition coefficient (Wildman–Crippen LogP) is 4.84. The van der Waals surface area contributed by atoms with E-state index in [-0.39, 0.29) is 47.0 Å². The second-order valence-electron chi connectivity index (χ2n) is 9.09. The molecule has 3 rings (SSSR count). The number of ether oxygens (including phenoxy) is 2. The molecule has 0 fully saturated rings. The number of benzene rings is 1. The topological polar surface area (TPSA) is 98.1 Å². The molecule has 0 amide bonds. The zero-order valence-corrected chi connectivity index (χ0v) is 23.7. The highest BCUT2D eigenvalue weighted by Gasteiger charge is 2.36. The largest absolute Gasteiger partial charge is 0.491 e. The summed E-state index contributed by atoms with van der Waals surface area (Å²) in [7, 11) is 1.67. The molecule has 0 spiro atoms. The number of unbranched alkanes of at least 4 members (excludes halogenated alkanes) is 1. The van der Waals surface area contributed by atoms with Gasteiger partial charge in [-0.25, -0.2) is 4.79 Å². The van der Waals surface area contributed by atoms with Gasteiger partial charge < -0.3 is 24.0 Å². The maximum atomic E-state index is 13.3. The molecule has 2 aromatic rings. The Bertz CT molecular complexity index is 1240. The van der Waals surface area contributed by atoms with Crippen molar-refractivity contribution in [1.82, 2.24) is 4.57 Å². The quantitative estimate of drug-likeness (QED) is 0.211. The molecule has 206 valence electrons. The molecule has 8 nitrogen and oxygen atoms in total. The van der Waals surface area contributed by atoms with Crippen LogP contribution in [0.25, 0.3) is 0 Å². The van der Waals surface area contributed by atoms with Gasteiger partial charge in [-0.3, -0.25) is 9.59 Å². The summed E-state index contributed by atoms with van der Waals surface area (Å²) in [4.78, 5) is 41.4. The molecular weight excluding hydrogens is 531 g/mol. The van der Waals surface area contributed by atoms with Crippen LogP contribution in [-0.4, -0.2) is 65.3 Å². The van der Waals surface area contributed by atoms with E-state index in [0.29, 0.717) is 48.5 Å². The predicted molar refractivity (Wildman–Crippen MR) is 148 cm³/mol. The Kier molecular flexibility index (Phi) is 10.4. The second-order valence-corrected chi connectivity index (χ2v) is 9.85. The molecule has 1 heterocycles. The number of hydrogen-bond donors (Lipinski definition) is 1. The molecule has 1 N–H and O–H groups in total. The van der Waals surface area contributed by atoms with Gasteiger partial charge in [-0.2, -0.15) is 0 Å². The smallest absolute Gasteiger partial charge is 0.338 e. The highest BCUT2D eigenvalue weighted by molar-refractivity contribution is 6.27. The summed E-state index contributed by atoms with van der Waals surface area (Å²) in [6.45, 7) is 6.23. The second kappa shape index (κ2) is 13.3. The Morgan fingerprint density at radius 2 is 1.79 bits per heavy atom. The van der Waals surface area contributed by atoms with Crippen molar-refractivity contribution in [3.05, 3.63) is 57.4 Å². The normalized spacial score (nSPS) is 13.1. The van der Waals surface area contributed by atoms with Crippen LogP contribution in [0.5, 0.6) is 5.75 Å². The number of rotatable bonds is 13. The maximum Gasteiger partial charge on any atom is 0.338 e. The summed E-state index contributed by atoms with van der Waals surface area (Å²) in [5.41, 5.74) is 2.83. The maximum absolute atomic E-state index is 13.3. The highest BCUT2D eigenvalue weighted by atomic mass is 35.5. The van der Waals surface area contributed by atoms with Crippen LogP contribution < -0.4 is 9.64 Å². The SMILES string of the molecule is CCCCOc1cc(C(=O)OCC2=C(C)C(=O)c3c(CO)c(C)n(C)c3C2=O)ccc1N(CCCl)CCCl. The fourth-order valence-electron chi connectivity index (χ4n) is 4.50. The molecule has 0 atom stereocenters. The van der Waals surface area contributed by atoms with Crippen molar-refractivity contribution in [2.24, 2.45) is 7.05 Å². The third-order valence-electron chi connectivity index (χ3n) is 6.83. The minimum absolute atomic E-state index is 0.118. The van der Waals surface area contributed by atoms with Crippen molar-refractivity contribution >= 4 is 46.4 Å². The third-order valence-corrected chi connectivity index (χ3v) is 7.17. The molecule has 10 heteroatoms. The van der Waals surface area contributed by atoms with Crippen LogP contribution in [0.1, 0.15) is 69.2 Å². The number of carbonyl (C=O) groups excluding carboxylic acids is 3. The number of esters is 1.